The number of nitrogens with one attached hydrogen (secondary N) is 1. The van der Waals surface area contributed by atoms with E-state index in [2.05, 4.69) is 10.3 Å². The van der Waals surface area contributed by atoms with E-state index in [1.54, 1.807) is 6.07 Å². The van der Waals surface area contributed by atoms with E-state index in [4.69, 9.17) is 23.2 Å². The van der Waals surface area contributed by atoms with Crippen molar-refractivity contribution < 1.29 is 4.79 Å². The number of nitrogens with zero attached hydrogens (tertiary/aromatic N) is 1. The predicted molar refractivity (Wildman–Crippen MR) is 78.8 cm³/mol. The molecular formula is C14H18Cl2N2O. The van der Waals surface area contributed by atoms with Crippen molar-refractivity contribution >= 4 is 34.8 Å². The zero-order valence-electron chi connectivity index (χ0n) is 11.0. The molecule has 0 saturated heterocycles. The number of carbonyl (C=O) groups excluding carboxylic acids is 1. The van der Waals surface area contributed by atoms with Crippen LogP contribution in [0.1, 0.15) is 44.1 Å². The Labute approximate surface area is 123 Å². The third-order valence-electron chi connectivity index (χ3n) is 3.62. The number of anilines is 1. The van der Waals surface area contributed by atoms with Crippen molar-refractivity contribution in [1.82, 2.24) is 4.98 Å². The van der Waals surface area contributed by atoms with Gasteiger partial charge in [-0.15, -0.1) is 0 Å². The molecule has 104 valence electrons. The summed E-state index contributed by atoms with van der Waals surface area (Å²) in [5.41, 5.74) is 1.42. The van der Waals surface area contributed by atoms with Crippen LogP contribution in [0.15, 0.2) is 6.07 Å². The molecule has 0 bridgehead atoms. The Balaban J connectivity index is 2.10. The quantitative estimate of drug-likeness (QED) is 0.640. The molecule has 0 aromatic carbocycles. The molecule has 1 heterocycles. The number of amides is 1. The highest BCUT2D eigenvalue weighted by Gasteiger charge is 2.21. The molecule has 1 N–H and O–H groups in total. The van der Waals surface area contributed by atoms with E-state index in [1.807, 2.05) is 6.92 Å². The first kappa shape index (κ1) is 14.6. The summed E-state index contributed by atoms with van der Waals surface area (Å²) >= 11 is 11.9. The average molecular weight is 301 g/mol. The normalized spacial score (nSPS) is 17.0. The van der Waals surface area contributed by atoms with Crippen LogP contribution < -0.4 is 5.32 Å². The maximum absolute atomic E-state index is 12.3. The summed E-state index contributed by atoms with van der Waals surface area (Å²) in [6.07, 6.45) is 6.64. The lowest BCUT2D eigenvalue weighted by Crippen LogP contribution is -2.23. The molecule has 1 aliphatic rings. The fraction of sp³-hybridized carbons (Fsp3) is 0.571. The first-order chi connectivity index (χ1) is 9.08. The monoisotopic (exact) mass is 300 g/mol. The molecule has 19 heavy (non-hydrogen) atoms. The van der Waals surface area contributed by atoms with Crippen molar-refractivity contribution in [2.75, 3.05) is 5.32 Å². The van der Waals surface area contributed by atoms with Gasteiger partial charge in [0, 0.05) is 5.92 Å². The Morgan fingerprint density at radius 3 is 2.47 bits per heavy atom. The van der Waals surface area contributed by atoms with Gasteiger partial charge in [-0.25, -0.2) is 4.98 Å². The van der Waals surface area contributed by atoms with E-state index in [9.17, 15) is 4.79 Å². The van der Waals surface area contributed by atoms with Crippen LogP contribution in [0.25, 0.3) is 0 Å². The molecule has 1 aliphatic carbocycles. The van der Waals surface area contributed by atoms with Crippen molar-refractivity contribution in [3.05, 3.63) is 21.9 Å². The Kier molecular flexibility index (Phi) is 5.06. The summed E-state index contributed by atoms with van der Waals surface area (Å²) in [5, 5.41) is 3.51. The van der Waals surface area contributed by atoms with E-state index < -0.39 is 0 Å². The van der Waals surface area contributed by atoms with E-state index in [0.717, 1.165) is 31.2 Å². The molecule has 0 aliphatic heterocycles. The van der Waals surface area contributed by atoms with Crippen molar-refractivity contribution in [2.45, 2.75) is 45.4 Å². The largest absolute Gasteiger partial charge is 0.323 e. The number of carbonyl (C=O) groups is 1. The van der Waals surface area contributed by atoms with Crippen LogP contribution in [-0.4, -0.2) is 10.9 Å². The molecule has 1 amide bonds. The Morgan fingerprint density at radius 1 is 1.26 bits per heavy atom. The topological polar surface area (TPSA) is 42.0 Å². The highest BCUT2D eigenvalue weighted by atomic mass is 35.5. The molecule has 2 rings (SSSR count). The number of pyridine rings is 1. The lowest BCUT2D eigenvalue weighted by Gasteiger charge is -2.16. The smallest absolute Gasteiger partial charge is 0.227 e. The average Bonchev–Trinajstić information content (AvgIpc) is 2.62. The van der Waals surface area contributed by atoms with Crippen molar-refractivity contribution in [3.63, 3.8) is 0 Å². The predicted octanol–water partition coefficient (Wildman–Crippen LogP) is 4.61. The molecule has 0 atom stereocenters. The molecule has 5 heteroatoms. The zero-order chi connectivity index (χ0) is 13.8. The minimum atomic E-state index is 0.0519. The first-order valence-electron chi connectivity index (χ1n) is 6.71. The molecule has 3 nitrogen and oxygen atoms in total. The maximum atomic E-state index is 12.3. The number of rotatable bonds is 2. The third-order valence-corrected chi connectivity index (χ3v) is 4.08. The molecule has 1 saturated carbocycles. The summed E-state index contributed by atoms with van der Waals surface area (Å²) in [6, 6.07) is 1.70. The molecule has 0 spiro atoms. The standard InChI is InChI=1S/C14H18Cl2N2O/c1-9-8-11(15)17-13(16)12(9)18-14(19)10-6-4-2-3-5-7-10/h8,10H,2-7H2,1H3,(H,18,19). The summed E-state index contributed by atoms with van der Waals surface area (Å²) in [7, 11) is 0. The van der Waals surface area contributed by atoms with E-state index in [1.165, 1.54) is 12.8 Å². The minimum absolute atomic E-state index is 0.0519. The number of halogens is 2. The van der Waals surface area contributed by atoms with Gasteiger partial charge in [-0.3, -0.25) is 4.79 Å². The van der Waals surface area contributed by atoms with E-state index >= 15 is 0 Å². The fourth-order valence-corrected chi connectivity index (χ4v) is 3.09. The number of hydrogen-bond donors (Lipinski definition) is 1. The molecule has 0 radical (unpaired) electrons. The van der Waals surface area contributed by atoms with Crippen molar-refractivity contribution in [2.24, 2.45) is 5.92 Å². The minimum Gasteiger partial charge on any atom is -0.323 e. The van der Waals surface area contributed by atoms with Gasteiger partial charge in [-0.05, 0) is 31.4 Å². The SMILES string of the molecule is Cc1cc(Cl)nc(Cl)c1NC(=O)C1CCCCCC1. The summed E-state index contributed by atoms with van der Waals surface area (Å²) < 4.78 is 0. The van der Waals surface area contributed by atoms with Gasteiger partial charge in [0.15, 0.2) is 5.15 Å². The van der Waals surface area contributed by atoms with E-state index in [-0.39, 0.29) is 17.0 Å². The van der Waals surface area contributed by atoms with Crippen LogP contribution in [0.3, 0.4) is 0 Å². The van der Waals surface area contributed by atoms with Gasteiger partial charge in [0.1, 0.15) is 5.15 Å². The van der Waals surface area contributed by atoms with Crippen LogP contribution in [0, 0.1) is 12.8 Å². The fourth-order valence-electron chi connectivity index (χ4n) is 2.51. The summed E-state index contributed by atoms with van der Waals surface area (Å²) in [6.45, 7) is 1.86. The Hall–Kier alpha value is -0.800. The maximum Gasteiger partial charge on any atom is 0.227 e. The van der Waals surface area contributed by atoms with Crippen molar-refractivity contribution in [1.29, 1.82) is 0 Å². The van der Waals surface area contributed by atoms with Gasteiger partial charge in [-0.2, -0.15) is 0 Å². The Morgan fingerprint density at radius 2 is 1.89 bits per heavy atom. The van der Waals surface area contributed by atoms with Gasteiger partial charge in [-0.1, -0.05) is 48.9 Å². The first-order valence-corrected chi connectivity index (χ1v) is 7.47. The van der Waals surface area contributed by atoms with Crippen LogP contribution in [0.2, 0.25) is 10.3 Å². The molecule has 0 unspecified atom stereocenters. The van der Waals surface area contributed by atoms with E-state index in [0.29, 0.717) is 10.8 Å². The van der Waals surface area contributed by atoms with Crippen LogP contribution in [0.4, 0.5) is 5.69 Å². The summed E-state index contributed by atoms with van der Waals surface area (Å²) in [5.74, 6) is 0.143. The van der Waals surface area contributed by atoms with Gasteiger partial charge in [0.05, 0.1) is 5.69 Å². The number of hydrogen-bond acceptors (Lipinski definition) is 2. The molecular weight excluding hydrogens is 283 g/mol. The number of aromatic nitrogens is 1. The van der Waals surface area contributed by atoms with Gasteiger partial charge >= 0.3 is 0 Å². The highest BCUT2D eigenvalue weighted by Crippen LogP contribution is 2.29. The van der Waals surface area contributed by atoms with Gasteiger partial charge < -0.3 is 5.32 Å². The van der Waals surface area contributed by atoms with Crippen molar-refractivity contribution in [3.8, 4) is 0 Å². The third kappa shape index (κ3) is 3.83. The lowest BCUT2D eigenvalue weighted by molar-refractivity contribution is -0.120. The lowest BCUT2D eigenvalue weighted by atomic mass is 9.99. The zero-order valence-corrected chi connectivity index (χ0v) is 12.5. The summed E-state index contributed by atoms with van der Waals surface area (Å²) in [4.78, 5) is 16.2. The number of aryl methyl sites for hydroxylation is 1. The second-order valence-corrected chi connectivity index (χ2v) is 5.85. The molecule has 1 aromatic rings. The van der Waals surface area contributed by atoms with Gasteiger partial charge in [0.25, 0.3) is 0 Å². The van der Waals surface area contributed by atoms with Gasteiger partial charge in [0.2, 0.25) is 5.91 Å². The van der Waals surface area contributed by atoms with Crippen LogP contribution >= 0.6 is 23.2 Å². The second-order valence-electron chi connectivity index (χ2n) is 5.11. The second kappa shape index (κ2) is 6.58. The van der Waals surface area contributed by atoms with Crippen LogP contribution in [0.5, 0.6) is 0 Å². The molecule has 1 fully saturated rings. The molecule has 1 aromatic heterocycles. The Bertz CT molecular complexity index is 446. The highest BCUT2D eigenvalue weighted by molar-refractivity contribution is 6.34. The van der Waals surface area contributed by atoms with Crippen LogP contribution in [-0.2, 0) is 4.79 Å².